The molecule has 1 fully saturated rings. The van der Waals surface area contributed by atoms with Gasteiger partial charge in [0.2, 0.25) is 5.91 Å². The van der Waals surface area contributed by atoms with Gasteiger partial charge in [0, 0.05) is 37.0 Å². The van der Waals surface area contributed by atoms with Crippen molar-refractivity contribution in [2.45, 2.75) is 18.4 Å². The predicted molar refractivity (Wildman–Crippen MR) is 77.1 cm³/mol. The Hall–Kier alpha value is -1.01. The van der Waals surface area contributed by atoms with Crippen LogP contribution in [0.5, 0.6) is 5.75 Å². The van der Waals surface area contributed by atoms with Crippen molar-refractivity contribution >= 4 is 29.1 Å². The van der Waals surface area contributed by atoms with Gasteiger partial charge in [-0.25, -0.2) is 0 Å². The number of likely N-dealkylation sites (tertiary alicyclic amines) is 1. The minimum Gasteiger partial charge on any atom is -0.508 e. The molecule has 0 unspecified atom stereocenters. The first-order valence-corrected chi connectivity index (χ1v) is 7.00. The standard InChI is InChI=1S/C13H16Cl2N2O3/c14-9-1-2-10(19)12(13(9)15)7-3-11(20)17(4-7)5-8(16)6-18/h1-2,7-8,18-19H,3-6,16H2/t7-,8+/m0/s1. The number of carbonyl (C=O) groups excluding carboxylic acids is 1. The number of nitrogens with zero attached hydrogens (tertiary/aromatic N) is 1. The molecule has 1 aliphatic rings. The number of hydrogen-bond donors (Lipinski definition) is 3. The Balaban J connectivity index is 2.20. The van der Waals surface area contributed by atoms with Crippen LogP contribution >= 0.6 is 23.2 Å². The number of phenols is 1. The second-order valence-corrected chi connectivity index (χ2v) is 5.72. The molecule has 1 aromatic rings. The van der Waals surface area contributed by atoms with Gasteiger partial charge in [-0.1, -0.05) is 23.2 Å². The van der Waals surface area contributed by atoms with Crippen molar-refractivity contribution in [2.24, 2.45) is 5.73 Å². The summed E-state index contributed by atoms with van der Waals surface area (Å²) in [7, 11) is 0. The normalized spacial score (nSPS) is 20.5. The summed E-state index contributed by atoms with van der Waals surface area (Å²) in [6.45, 7) is 0.503. The number of nitrogens with two attached hydrogens (primary N) is 1. The van der Waals surface area contributed by atoms with Gasteiger partial charge in [0.05, 0.1) is 16.7 Å². The highest BCUT2D eigenvalue weighted by Crippen LogP contribution is 2.41. The van der Waals surface area contributed by atoms with Crippen molar-refractivity contribution in [2.75, 3.05) is 19.7 Å². The third kappa shape index (κ3) is 3.01. The average molecular weight is 319 g/mol. The molecule has 20 heavy (non-hydrogen) atoms. The first kappa shape index (κ1) is 15.4. The van der Waals surface area contributed by atoms with E-state index in [0.717, 1.165) is 0 Å². The van der Waals surface area contributed by atoms with Gasteiger partial charge >= 0.3 is 0 Å². The SMILES string of the molecule is N[C@@H](CO)CN1C[C@@H](c2c(O)ccc(Cl)c2Cl)CC1=O. The van der Waals surface area contributed by atoms with Crippen LogP contribution < -0.4 is 5.73 Å². The summed E-state index contributed by atoms with van der Waals surface area (Å²) in [5.41, 5.74) is 6.14. The maximum Gasteiger partial charge on any atom is 0.223 e. The molecule has 7 heteroatoms. The highest BCUT2D eigenvalue weighted by Gasteiger charge is 2.34. The number of carbonyl (C=O) groups is 1. The zero-order chi connectivity index (χ0) is 14.9. The summed E-state index contributed by atoms with van der Waals surface area (Å²) in [5.74, 6) is -0.264. The molecule has 0 spiro atoms. The van der Waals surface area contributed by atoms with E-state index in [-0.39, 0.29) is 42.2 Å². The van der Waals surface area contributed by atoms with Gasteiger partial charge in [0.15, 0.2) is 0 Å². The third-order valence-electron chi connectivity index (χ3n) is 3.42. The third-order valence-corrected chi connectivity index (χ3v) is 4.24. The highest BCUT2D eigenvalue weighted by molar-refractivity contribution is 6.42. The summed E-state index contributed by atoms with van der Waals surface area (Å²) in [6.07, 6.45) is 0.242. The molecule has 1 amide bonds. The number of aromatic hydroxyl groups is 1. The van der Waals surface area contributed by atoms with Gasteiger partial charge in [-0.05, 0) is 12.1 Å². The van der Waals surface area contributed by atoms with Crippen LogP contribution in [-0.2, 0) is 4.79 Å². The van der Waals surface area contributed by atoms with E-state index in [4.69, 9.17) is 34.0 Å². The number of amides is 1. The van der Waals surface area contributed by atoms with E-state index in [1.54, 1.807) is 4.90 Å². The molecule has 1 heterocycles. The number of rotatable bonds is 4. The second-order valence-electron chi connectivity index (χ2n) is 4.94. The lowest BCUT2D eigenvalue weighted by atomic mass is 9.97. The molecule has 2 rings (SSSR count). The molecule has 4 N–H and O–H groups in total. The van der Waals surface area contributed by atoms with Crippen molar-refractivity contribution in [3.8, 4) is 5.75 Å². The number of benzene rings is 1. The average Bonchev–Trinajstić information content (AvgIpc) is 2.75. The fourth-order valence-electron chi connectivity index (χ4n) is 2.43. The van der Waals surface area contributed by atoms with Crippen molar-refractivity contribution in [1.29, 1.82) is 0 Å². The molecule has 0 aliphatic carbocycles. The number of aliphatic hydroxyl groups is 1. The van der Waals surface area contributed by atoms with E-state index in [9.17, 15) is 9.90 Å². The lowest BCUT2D eigenvalue weighted by Crippen LogP contribution is -2.40. The molecule has 0 saturated carbocycles. The van der Waals surface area contributed by atoms with Crippen LogP contribution in [0.2, 0.25) is 10.0 Å². The van der Waals surface area contributed by atoms with Crippen molar-refractivity contribution in [3.63, 3.8) is 0 Å². The fourth-order valence-corrected chi connectivity index (χ4v) is 2.91. The number of halogens is 2. The molecular weight excluding hydrogens is 303 g/mol. The van der Waals surface area contributed by atoms with Crippen molar-refractivity contribution < 1.29 is 15.0 Å². The molecule has 5 nitrogen and oxygen atoms in total. The summed E-state index contributed by atoms with van der Waals surface area (Å²) in [6, 6.07) is 2.51. The molecular formula is C13H16Cl2N2O3. The minimum absolute atomic E-state index is 0.0329. The molecule has 1 aromatic carbocycles. The Labute approximate surface area is 126 Å². The summed E-state index contributed by atoms with van der Waals surface area (Å²) < 4.78 is 0. The van der Waals surface area contributed by atoms with Gasteiger partial charge < -0.3 is 20.8 Å². The summed E-state index contributed by atoms with van der Waals surface area (Å²) in [4.78, 5) is 13.5. The van der Waals surface area contributed by atoms with Crippen LogP contribution in [0.1, 0.15) is 17.9 Å². The van der Waals surface area contributed by atoms with Gasteiger partial charge in [0.1, 0.15) is 5.75 Å². The van der Waals surface area contributed by atoms with Crippen molar-refractivity contribution in [1.82, 2.24) is 4.90 Å². The summed E-state index contributed by atoms with van der Waals surface area (Å²) >= 11 is 12.1. The highest BCUT2D eigenvalue weighted by atomic mass is 35.5. The zero-order valence-electron chi connectivity index (χ0n) is 10.7. The van der Waals surface area contributed by atoms with Gasteiger partial charge in [-0.2, -0.15) is 0 Å². The van der Waals surface area contributed by atoms with Crippen LogP contribution in [0.25, 0.3) is 0 Å². The molecule has 1 aliphatic heterocycles. The lowest BCUT2D eigenvalue weighted by molar-refractivity contribution is -0.128. The van der Waals surface area contributed by atoms with E-state index in [1.165, 1.54) is 12.1 Å². The van der Waals surface area contributed by atoms with Crippen LogP contribution in [0, 0.1) is 0 Å². The van der Waals surface area contributed by atoms with E-state index < -0.39 is 6.04 Å². The molecule has 0 radical (unpaired) electrons. The molecule has 2 atom stereocenters. The number of phenolic OH excluding ortho intramolecular Hbond substituents is 1. The molecule has 0 bridgehead atoms. The Morgan fingerprint density at radius 2 is 2.15 bits per heavy atom. The maximum atomic E-state index is 11.9. The quantitative estimate of drug-likeness (QED) is 0.781. The van der Waals surface area contributed by atoms with Crippen LogP contribution in [0.4, 0.5) is 0 Å². The first-order chi connectivity index (χ1) is 9.43. The Bertz CT molecular complexity index is 525. The van der Waals surface area contributed by atoms with Gasteiger partial charge in [-0.3, -0.25) is 4.79 Å². The predicted octanol–water partition coefficient (Wildman–Crippen LogP) is 1.33. The van der Waals surface area contributed by atoms with E-state index in [2.05, 4.69) is 0 Å². The topological polar surface area (TPSA) is 86.8 Å². The fraction of sp³-hybridized carbons (Fsp3) is 0.462. The van der Waals surface area contributed by atoms with E-state index in [1.807, 2.05) is 0 Å². The summed E-state index contributed by atoms with van der Waals surface area (Å²) in [5, 5.41) is 19.5. The van der Waals surface area contributed by atoms with E-state index >= 15 is 0 Å². The first-order valence-electron chi connectivity index (χ1n) is 6.25. The monoisotopic (exact) mass is 318 g/mol. The maximum absolute atomic E-state index is 11.9. The van der Waals surface area contributed by atoms with Crippen LogP contribution in [0.15, 0.2) is 12.1 Å². The minimum atomic E-state index is -0.471. The smallest absolute Gasteiger partial charge is 0.223 e. The largest absolute Gasteiger partial charge is 0.508 e. The Morgan fingerprint density at radius 3 is 2.80 bits per heavy atom. The van der Waals surface area contributed by atoms with Gasteiger partial charge in [0.25, 0.3) is 0 Å². The number of aliphatic hydroxyl groups excluding tert-OH is 1. The second kappa shape index (κ2) is 6.18. The van der Waals surface area contributed by atoms with Crippen LogP contribution in [0.3, 0.4) is 0 Å². The van der Waals surface area contributed by atoms with Crippen molar-refractivity contribution in [3.05, 3.63) is 27.7 Å². The molecule has 1 saturated heterocycles. The zero-order valence-corrected chi connectivity index (χ0v) is 12.2. The van der Waals surface area contributed by atoms with Crippen LogP contribution in [-0.4, -0.2) is 46.8 Å². The van der Waals surface area contributed by atoms with E-state index in [0.29, 0.717) is 17.1 Å². The Morgan fingerprint density at radius 1 is 1.45 bits per heavy atom. The molecule has 110 valence electrons. The Kier molecular flexibility index (Phi) is 4.75. The lowest BCUT2D eigenvalue weighted by Gasteiger charge is -2.20. The molecule has 0 aromatic heterocycles. The number of hydrogen-bond acceptors (Lipinski definition) is 4. The van der Waals surface area contributed by atoms with Gasteiger partial charge in [-0.15, -0.1) is 0 Å².